The second kappa shape index (κ2) is 7.45. The van der Waals surface area contributed by atoms with Crippen LogP contribution in [0.2, 0.25) is 0 Å². The highest BCUT2D eigenvalue weighted by atomic mass is 19.1. The highest BCUT2D eigenvalue weighted by Crippen LogP contribution is 2.23. The Kier molecular flexibility index (Phi) is 5.10. The van der Waals surface area contributed by atoms with Crippen LogP contribution in [-0.4, -0.2) is 29.1 Å². The molecule has 1 aromatic carbocycles. The van der Waals surface area contributed by atoms with Crippen LogP contribution in [0.25, 0.3) is 0 Å². The Morgan fingerprint density at radius 2 is 2.24 bits per heavy atom. The zero-order valence-corrected chi connectivity index (χ0v) is 14.2. The van der Waals surface area contributed by atoms with Gasteiger partial charge in [0.05, 0.1) is 5.56 Å². The molecule has 0 spiro atoms. The molecule has 1 unspecified atom stereocenters. The minimum Gasteiger partial charge on any atom is -0.355 e. The number of nitriles is 1. The lowest BCUT2D eigenvalue weighted by Gasteiger charge is -2.19. The Morgan fingerprint density at radius 3 is 2.92 bits per heavy atom. The summed E-state index contributed by atoms with van der Waals surface area (Å²) in [6, 6.07) is 8.28. The maximum absolute atomic E-state index is 13.5. The van der Waals surface area contributed by atoms with E-state index >= 15 is 0 Å². The van der Waals surface area contributed by atoms with E-state index in [9.17, 15) is 4.39 Å². The van der Waals surface area contributed by atoms with E-state index in [-0.39, 0.29) is 11.6 Å². The van der Waals surface area contributed by atoms with Crippen molar-refractivity contribution in [3.63, 3.8) is 0 Å². The Morgan fingerprint density at radius 1 is 1.40 bits per heavy atom. The van der Waals surface area contributed by atoms with Crippen molar-refractivity contribution in [2.75, 3.05) is 23.3 Å². The third-order valence-electron chi connectivity index (χ3n) is 4.16. The van der Waals surface area contributed by atoms with Crippen LogP contribution in [0.15, 0.2) is 24.3 Å². The number of halogens is 1. The highest BCUT2D eigenvalue weighted by Gasteiger charge is 2.21. The van der Waals surface area contributed by atoms with Gasteiger partial charge in [0.2, 0.25) is 5.95 Å². The molecule has 7 heteroatoms. The topological polar surface area (TPSA) is 90.9 Å². The minimum atomic E-state index is -0.541. The van der Waals surface area contributed by atoms with Gasteiger partial charge < -0.3 is 16.0 Å². The fourth-order valence-electron chi connectivity index (χ4n) is 2.90. The van der Waals surface area contributed by atoms with E-state index in [1.165, 1.54) is 12.1 Å². The van der Waals surface area contributed by atoms with Crippen LogP contribution in [0.1, 0.15) is 31.0 Å². The molecule has 2 heterocycles. The number of anilines is 3. The Balaban J connectivity index is 1.89. The van der Waals surface area contributed by atoms with Crippen molar-refractivity contribution in [3.8, 4) is 6.07 Å². The molecule has 2 aromatic rings. The van der Waals surface area contributed by atoms with Gasteiger partial charge in [-0.1, -0.05) is 13.3 Å². The predicted octanol–water partition coefficient (Wildman–Crippen LogP) is 2.72. The van der Waals surface area contributed by atoms with Crippen LogP contribution in [0.4, 0.5) is 21.8 Å². The van der Waals surface area contributed by atoms with E-state index < -0.39 is 5.82 Å². The third kappa shape index (κ3) is 4.03. The molecular formula is C18H21FN6. The maximum atomic E-state index is 13.5. The summed E-state index contributed by atoms with van der Waals surface area (Å²) in [6.45, 7) is 3.75. The summed E-state index contributed by atoms with van der Waals surface area (Å²) in [5, 5.41) is 12.0. The fraction of sp³-hybridized carbons (Fsp3) is 0.389. The first-order valence-electron chi connectivity index (χ1n) is 8.44. The van der Waals surface area contributed by atoms with Gasteiger partial charge in [-0.3, -0.25) is 0 Å². The molecule has 1 fully saturated rings. The lowest BCUT2D eigenvalue weighted by Crippen LogP contribution is -2.27. The van der Waals surface area contributed by atoms with Crippen LogP contribution in [0, 0.1) is 17.1 Å². The molecule has 0 bridgehead atoms. The molecule has 1 aliphatic heterocycles. The quantitative estimate of drug-likeness (QED) is 0.870. The molecule has 130 valence electrons. The first kappa shape index (κ1) is 17.1. The number of nitrogens with two attached hydrogens (primary N) is 1. The average Bonchev–Trinajstić information content (AvgIpc) is 3.03. The van der Waals surface area contributed by atoms with Gasteiger partial charge in [0, 0.05) is 36.6 Å². The zero-order chi connectivity index (χ0) is 17.8. The monoisotopic (exact) mass is 340 g/mol. The number of hydrogen-bond acceptors (Lipinski definition) is 6. The van der Waals surface area contributed by atoms with Crippen LogP contribution >= 0.6 is 0 Å². The van der Waals surface area contributed by atoms with Crippen molar-refractivity contribution < 1.29 is 4.39 Å². The van der Waals surface area contributed by atoms with Gasteiger partial charge in [-0.2, -0.15) is 10.2 Å². The predicted molar refractivity (Wildman–Crippen MR) is 95.2 cm³/mol. The molecule has 0 saturated carbocycles. The highest BCUT2D eigenvalue weighted by molar-refractivity contribution is 5.58. The first-order chi connectivity index (χ1) is 12.1. The molecule has 1 saturated heterocycles. The van der Waals surface area contributed by atoms with Gasteiger partial charge in [-0.25, -0.2) is 9.37 Å². The molecule has 1 aliphatic rings. The molecule has 0 radical (unpaired) electrons. The summed E-state index contributed by atoms with van der Waals surface area (Å²) in [6.07, 6.45) is 2.76. The number of rotatable bonds is 5. The van der Waals surface area contributed by atoms with Crippen LogP contribution < -0.4 is 16.0 Å². The van der Waals surface area contributed by atoms with Crippen molar-refractivity contribution in [2.24, 2.45) is 5.73 Å². The van der Waals surface area contributed by atoms with Crippen LogP contribution in [0.3, 0.4) is 0 Å². The van der Waals surface area contributed by atoms with E-state index in [1.54, 1.807) is 6.07 Å². The molecule has 0 amide bonds. The molecule has 25 heavy (non-hydrogen) atoms. The van der Waals surface area contributed by atoms with Gasteiger partial charge >= 0.3 is 0 Å². The smallest absolute Gasteiger partial charge is 0.229 e. The van der Waals surface area contributed by atoms with E-state index in [4.69, 9.17) is 11.0 Å². The molecule has 3 N–H and O–H groups in total. The number of benzene rings is 1. The average molecular weight is 340 g/mol. The molecule has 0 aliphatic carbocycles. The Hall–Kier alpha value is -2.72. The summed E-state index contributed by atoms with van der Waals surface area (Å²) in [4.78, 5) is 11.3. The van der Waals surface area contributed by atoms with Gasteiger partial charge in [-0.05, 0) is 31.0 Å². The summed E-state index contributed by atoms with van der Waals surface area (Å²) in [5.74, 6) is 0.744. The van der Waals surface area contributed by atoms with Crippen LogP contribution in [0.5, 0.6) is 0 Å². The van der Waals surface area contributed by atoms with Gasteiger partial charge in [0.15, 0.2) is 0 Å². The SMILES string of the molecule is CCCc1cc(N2CCC(N)C2)nc(Nc2ccc(F)c(C#N)c2)n1. The largest absolute Gasteiger partial charge is 0.355 e. The number of aromatic nitrogens is 2. The summed E-state index contributed by atoms with van der Waals surface area (Å²) in [7, 11) is 0. The van der Waals surface area contributed by atoms with Gasteiger partial charge in [0.1, 0.15) is 17.7 Å². The number of hydrogen-bond donors (Lipinski definition) is 2. The second-order valence-corrected chi connectivity index (χ2v) is 6.22. The normalized spacial score (nSPS) is 16.7. The van der Waals surface area contributed by atoms with Crippen molar-refractivity contribution in [1.29, 1.82) is 5.26 Å². The molecule has 3 rings (SSSR count). The van der Waals surface area contributed by atoms with Gasteiger partial charge in [-0.15, -0.1) is 0 Å². The van der Waals surface area contributed by atoms with E-state index in [2.05, 4.69) is 27.1 Å². The third-order valence-corrected chi connectivity index (χ3v) is 4.16. The lowest BCUT2D eigenvalue weighted by atomic mass is 10.2. The number of nitrogens with one attached hydrogen (secondary N) is 1. The van der Waals surface area contributed by atoms with E-state index in [0.717, 1.165) is 43.9 Å². The Labute approximate surface area is 146 Å². The molecule has 6 nitrogen and oxygen atoms in total. The first-order valence-corrected chi connectivity index (χ1v) is 8.44. The van der Waals surface area contributed by atoms with Crippen molar-refractivity contribution in [2.45, 2.75) is 32.2 Å². The molecule has 1 aromatic heterocycles. The van der Waals surface area contributed by atoms with E-state index in [0.29, 0.717) is 11.6 Å². The maximum Gasteiger partial charge on any atom is 0.229 e. The molecular weight excluding hydrogens is 319 g/mol. The minimum absolute atomic E-state index is 0.0135. The standard InChI is InChI=1S/C18H21FN6/c1-2-3-14-9-17(25-7-6-13(21)11-25)24-18(22-14)23-15-4-5-16(19)12(8-15)10-20/h4-5,8-9,13H,2-3,6-7,11,21H2,1H3,(H,22,23,24). The fourth-order valence-corrected chi connectivity index (χ4v) is 2.90. The zero-order valence-electron chi connectivity index (χ0n) is 14.2. The summed E-state index contributed by atoms with van der Waals surface area (Å²) >= 11 is 0. The number of aryl methyl sites for hydroxylation is 1. The Bertz CT molecular complexity index is 801. The lowest BCUT2D eigenvalue weighted by molar-refractivity contribution is 0.624. The second-order valence-electron chi connectivity index (χ2n) is 6.22. The summed E-state index contributed by atoms with van der Waals surface area (Å²) < 4.78 is 13.5. The molecule has 1 atom stereocenters. The van der Waals surface area contributed by atoms with E-state index in [1.807, 2.05) is 12.1 Å². The number of nitrogens with zero attached hydrogens (tertiary/aromatic N) is 4. The summed E-state index contributed by atoms with van der Waals surface area (Å²) in [5.41, 5.74) is 7.51. The van der Waals surface area contributed by atoms with Crippen LogP contribution in [-0.2, 0) is 6.42 Å². The van der Waals surface area contributed by atoms with Crippen molar-refractivity contribution in [1.82, 2.24) is 9.97 Å². The van der Waals surface area contributed by atoms with Crippen molar-refractivity contribution >= 4 is 17.5 Å². The van der Waals surface area contributed by atoms with Gasteiger partial charge in [0.25, 0.3) is 0 Å². The van der Waals surface area contributed by atoms with Crippen molar-refractivity contribution in [3.05, 3.63) is 41.3 Å².